The van der Waals surface area contributed by atoms with E-state index < -0.39 is 0 Å². The van der Waals surface area contributed by atoms with Crippen LogP contribution in [0.2, 0.25) is 0 Å². The van der Waals surface area contributed by atoms with E-state index in [4.69, 9.17) is 0 Å². The first kappa shape index (κ1) is 10.1. The van der Waals surface area contributed by atoms with E-state index in [0.717, 1.165) is 9.75 Å². The van der Waals surface area contributed by atoms with Crippen LogP contribution in [0.5, 0.6) is 0 Å². The number of hydrogen-bond acceptors (Lipinski definition) is 2. The van der Waals surface area contributed by atoms with Crippen molar-refractivity contribution in [2.24, 2.45) is 0 Å². The molecule has 15 heavy (non-hydrogen) atoms. The number of rotatable bonds is 3. The lowest BCUT2D eigenvalue weighted by molar-refractivity contribution is 0.0992. The van der Waals surface area contributed by atoms with Crippen LogP contribution in [-0.4, -0.2) is 5.78 Å². The summed E-state index contributed by atoms with van der Waals surface area (Å²) >= 11 is 1.57. The number of carbonyl (C=O) groups excluding carboxylic acids is 1. The van der Waals surface area contributed by atoms with Crippen LogP contribution < -0.4 is 0 Å². The Balaban J connectivity index is 2.32. The second-order valence-corrected chi connectivity index (χ2v) is 4.39. The molecule has 2 rings (SSSR count). The third kappa shape index (κ3) is 2.16. The van der Waals surface area contributed by atoms with Crippen molar-refractivity contribution >= 4 is 17.1 Å². The van der Waals surface area contributed by atoms with Crippen molar-refractivity contribution < 1.29 is 4.79 Å². The maximum Gasteiger partial charge on any atom is 0.172 e. The number of thiophene rings is 1. The van der Waals surface area contributed by atoms with Crippen molar-refractivity contribution in [1.29, 1.82) is 0 Å². The van der Waals surface area contributed by atoms with E-state index in [9.17, 15) is 4.79 Å². The molecule has 2 aromatic rings. The summed E-state index contributed by atoms with van der Waals surface area (Å²) in [5.74, 6) is 0.224. The summed E-state index contributed by atoms with van der Waals surface area (Å²) in [4.78, 5) is 13.5. The minimum Gasteiger partial charge on any atom is -0.293 e. The van der Waals surface area contributed by atoms with E-state index in [0.29, 0.717) is 6.42 Å². The molecule has 0 radical (unpaired) electrons. The predicted molar refractivity (Wildman–Crippen MR) is 64.4 cm³/mol. The zero-order valence-electron chi connectivity index (χ0n) is 8.57. The zero-order valence-corrected chi connectivity index (χ0v) is 9.38. The van der Waals surface area contributed by atoms with Crippen LogP contribution >= 0.6 is 11.3 Å². The average Bonchev–Trinajstić information content (AvgIpc) is 2.78. The normalized spacial score (nSPS) is 10.2. The largest absolute Gasteiger partial charge is 0.293 e. The summed E-state index contributed by atoms with van der Waals surface area (Å²) in [5.41, 5.74) is 1.18. The number of hydrogen-bond donors (Lipinski definition) is 0. The molecule has 0 atom stereocenters. The molecule has 0 aliphatic heterocycles. The van der Waals surface area contributed by atoms with Gasteiger partial charge in [-0.3, -0.25) is 4.79 Å². The summed E-state index contributed by atoms with van der Waals surface area (Å²) in [6.45, 7) is 1.89. The molecular formula is C13H12OS. The molecule has 1 heterocycles. The van der Waals surface area contributed by atoms with Gasteiger partial charge >= 0.3 is 0 Å². The average molecular weight is 216 g/mol. The van der Waals surface area contributed by atoms with Gasteiger partial charge in [-0.05, 0) is 17.7 Å². The van der Waals surface area contributed by atoms with E-state index in [2.05, 4.69) is 12.1 Å². The van der Waals surface area contributed by atoms with Crippen molar-refractivity contribution in [2.75, 3.05) is 0 Å². The SMILES string of the molecule is CCC(=O)c1ccc(-c2ccccc2)s1. The first-order valence-electron chi connectivity index (χ1n) is 4.99. The van der Waals surface area contributed by atoms with Crippen LogP contribution in [0.25, 0.3) is 10.4 Å². The summed E-state index contributed by atoms with van der Waals surface area (Å²) in [7, 11) is 0. The third-order valence-corrected chi connectivity index (χ3v) is 3.44. The fourth-order valence-electron chi connectivity index (χ4n) is 1.42. The topological polar surface area (TPSA) is 17.1 Å². The molecule has 0 bridgehead atoms. The Morgan fingerprint density at radius 1 is 1.13 bits per heavy atom. The van der Waals surface area contributed by atoms with Gasteiger partial charge in [0.15, 0.2) is 5.78 Å². The van der Waals surface area contributed by atoms with Crippen molar-refractivity contribution in [3.05, 3.63) is 47.3 Å². The third-order valence-electron chi connectivity index (χ3n) is 2.26. The van der Waals surface area contributed by atoms with Gasteiger partial charge in [-0.25, -0.2) is 0 Å². The van der Waals surface area contributed by atoms with Crippen LogP contribution in [0.15, 0.2) is 42.5 Å². The lowest BCUT2D eigenvalue weighted by Gasteiger charge is -1.94. The van der Waals surface area contributed by atoms with Crippen LogP contribution in [0.3, 0.4) is 0 Å². The molecule has 0 amide bonds. The van der Waals surface area contributed by atoms with Crippen LogP contribution in [0.4, 0.5) is 0 Å². The number of benzene rings is 1. The van der Waals surface area contributed by atoms with Gasteiger partial charge in [0.25, 0.3) is 0 Å². The Morgan fingerprint density at radius 2 is 1.87 bits per heavy atom. The molecule has 2 heteroatoms. The van der Waals surface area contributed by atoms with Gasteiger partial charge in [0.1, 0.15) is 0 Å². The van der Waals surface area contributed by atoms with Crippen molar-refractivity contribution in [1.82, 2.24) is 0 Å². The molecule has 1 aromatic carbocycles. The van der Waals surface area contributed by atoms with E-state index in [1.807, 2.05) is 37.3 Å². The molecule has 0 fully saturated rings. The molecule has 1 aromatic heterocycles. The first-order chi connectivity index (χ1) is 7.31. The monoisotopic (exact) mass is 216 g/mol. The Labute approximate surface area is 93.4 Å². The fourth-order valence-corrected chi connectivity index (χ4v) is 2.44. The van der Waals surface area contributed by atoms with E-state index >= 15 is 0 Å². The predicted octanol–water partition coefficient (Wildman–Crippen LogP) is 4.01. The highest BCUT2D eigenvalue weighted by Crippen LogP contribution is 2.28. The molecule has 0 unspecified atom stereocenters. The molecule has 0 aliphatic carbocycles. The highest BCUT2D eigenvalue weighted by atomic mass is 32.1. The van der Waals surface area contributed by atoms with Gasteiger partial charge < -0.3 is 0 Å². The highest BCUT2D eigenvalue weighted by molar-refractivity contribution is 7.17. The second kappa shape index (κ2) is 4.41. The van der Waals surface area contributed by atoms with Crippen LogP contribution in [0, 0.1) is 0 Å². The molecule has 76 valence electrons. The fraction of sp³-hybridized carbons (Fsp3) is 0.154. The standard InChI is InChI=1S/C13H12OS/c1-2-11(14)13-9-8-12(15-13)10-6-4-3-5-7-10/h3-9H,2H2,1H3. The lowest BCUT2D eigenvalue weighted by Crippen LogP contribution is -1.90. The summed E-state index contributed by atoms with van der Waals surface area (Å²) in [5, 5.41) is 0. The van der Waals surface area contributed by atoms with Crippen LogP contribution in [0.1, 0.15) is 23.0 Å². The van der Waals surface area contributed by atoms with E-state index in [-0.39, 0.29) is 5.78 Å². The number of Topliss-reactive ketones (excluding diaryl/α,β-unsaturated/α-hetero) is 1. The maximum atomic E-state index is 11.5. The van der Waals surface area contributed by atoms with Crippen molar-refractivity contribution in [3.63, 3.8) is 0 Å². The van der Waals surface area contributed by atoms with Gasteiger partial charge in [0.2, 0.25) is 0 Å². The Hall–Kier alpha value is -1.41. The number of ketones is 1. The van der Waals surface area contributed by atoms with Gasteiger partial charge in [-0.1, -0.05) is 37.3 Å². The smallest absolute Gasteiger partial charge is 0.172 e. The summed E-state index contributed by atoms with van der Waals surface area (Å²) in [6, 6.07) is 14.1. The van der Waals surface area contributed by atoms with Crippen LogP contribution in [-0.2, 0) is 0 Å². The Morgan fingerprint density at radius 3 is 2.53 bits per heavy atom. The quantitative estimate of drug-likeness (QED) is 0.708. The minimum absolute atomic E-state index is 0.224. The zero-order chi connectivity index (χ0) is 10.7. The minimum atomic E-state index is 0.224. The van der Waals surface area contributed by atoms with Gasteiger partial charge in [0.05, 0.1) is 4.88 Å². The molecular weight excluding hydrogens is 204 g/mol. The maximum absolute atomic E-state index is 11.5. The highest BCUT2D eigenvalue weighted by Gasteiger charge is 2.07. The molecule has 0 spiro atoms. The second-order valence-electron chi connectivity index (χ2n) is 3.31. The lowest BCUT2D eigenvalue weighted by atomic mass is 10.2. The molecule has 0 saturated heterocycles. The Bertz CT molecular complexity index is 456. The van der Waals surface area contributed by atoms with E-state index in [1.54, 1.807) is 11.3 Å². The summed E-state index contributed by atoms with van der Waals surface area (Å²) < 4.78 is 0. The number of carbonyl (C=O) groups is 1. The Kier molecular flexibility index (Phi) is 2.97. The van der Waals surface area contributed by atoms with Crippen molar-refractivity contribution in [3.8, 4) is 10.4 Å². The van der Waals surface area contributed by atoms with Gasteiger partial charge in [0, 0.05) is 11.3 Å². The molecule has 0 N–H and O–H groups in total. The van der Waals surface area contributed by atoms with Crippen molar-refractivity contribution in [2.45, 2.75) is 13.3 Å². The molecule has 1 nitrogen and oxygen atoms in total. The van der Waals surface area contributed by atoms with E-state index in [1.165, 1.54) is 5.56 Å². The molecule has 0 saturated carbocycles. The summed E-state index contributed by atoms with van der Waals surface area (Å²) in [6.07, 6.45) is 0.578. The molecule has 0 aliphatic rings. The first-order valence-corrected chi connectivity index (χ1v) is 5.81. The van der Waals surface area contributed by atoms with Gasteiger partial charge in [-0.2, -0.15) is 0 Å². The van der Waals surface area contributed by atoms with Gasteiger partial charge in [-0.15, -0.1) is 11.3 Å².